The molecule has 0 bridgehead atoms. The molecule has 2 aromatic carbocycles. The molecule has 3 rings (SSSR count). The third-order valence-corrected chi connectivity index (χ3v) is 7.55. The summed E-state index contributed by atoms with van der Waals surface area (Å²) < 4.78 is 2.34. The van der Waals surface area contributed by atoms with Gasteiger partial charge >= 0.3 is 0 Å². The summed E-state index contributed by atoms with van der Waals surface area (Å²) >= 11 is 6.17. The monoisotopic (exact) mass is 523 g/mol. The van der Waals surface area contributed by atoms with Crippen molar-refractivity contribution in [1.29, 1.82) is 0 Å². The smallest absolute Gasteiger partial charge is 0.252 e. The molecule has 0 saturated carbocycles. The van der Waals surface area contributed by atoms with Gasteiger partial charge in [-0.2, -0.15) is 0 Å². The Labute approximate surface area is 229 Å². The maximum Gasteiger partial charge on any atom is 0.252 e. The number of hydrogen-bond donors (Lipinski definition) is 1. The molecule has 0 radical (unpaired) electrons. The van der Waals surface area contributed by atoms with Crippen molar-refractivity contribution in [2.45, 2.75) is 110 Å². The number of halogens is 1. The standard InChI is InChI=1S/C32H46ClN3O/c1-2-3-4-5-6-7-8-9-10-11-12-13-14-19-26-36-30-23-18-17-22-29(30)35-31(36)24-25-34-32(37)27-20-15-16-21-28(27)33/h15-18,20-23H,2-14,19,24-26H2,1H3,(H,34,37). The predicted molar refractivity (Wildman–Crippen MR) is 158 cm³/mol. The van der Waals surface area contributed by atoms with Gasteiger partial charge in [0.15, 0.2) is 0 Å². The Balaban J connectivity index is 1.34. The summed E-state index contributed by atoms with van der Waals surface area (Å²) in [5.74, 6) is 0.899. The molecular weight excluding hydrogens is 478 g/mol. The Morgan fingerprint density at radius 1 is 0.784 bits per heavy atom. The number of nitrogens with zero attached hydrogens (tertiary/aromatic N) is 2. The molecule has 1 N–H and O–H groups in total. The number of benzene rings is 2. The molecule has 0 spiro atoms. The van der Waals surface area contributed by atoms with Crippen molar-refractivity contribution in [2.24, 2.45) is 0 Å². The lowest BCUT2D eigenvalue weighted by Gasteiger charge is -2.11. The Hall–Kier alpha value is -2.33. The van der Waals surface area contributed by atoms with Crippen LogP contribution in [0.15, 0.2) is 48.5 Å². The van der Waals surface area contributed by atoms with E-state index in [9.17, 15) is 4.79 Å². The van der Waals surface area contributed by atoms with Crippen molar-refractivity contribution in [3.05, 3.63) is 64.9 Å². The van der Waals surface area contributed by atoms with Crippen LogP contribution in [-0.2, 0) is 13.0 Å². The molecule has 1 heterocycles. The second kappa shape index (κ2) is 17.2. The van der Waals surface area contributed by atoms with Gasteiger partial charge in [-0.05, 0) is 30.7 Å². The lowest BCUT2D eigenvalue weighted by molar-refractivity contribution is 0.0954. The first kappa shape index (κ1) is 29.2. The highest BCUT2D eigenvalue weighted by Crippen LogP contribution is 2.19. The number of hydrogen-bond acceptors (Lipinski definition) is 2. The minimum Gasteiger partial charge on any atom is -0.352 e. The summed E-state index contributed by atoms with van der Waals surface area (Å²) in [4.78, 5) is 17.4. The second-order valence-corrected chi connectivity index (χ2v) is 10.7. The topological polar surface area (TPSA) is 46.9 Å². The van der Waals surface area contributed by atoms with Gasteiger partial charge in [-0.25, -0.2) is 4.98 Å². The van der Waals surface area contributed by atoms with Crippen LogP contribution in [0.2, 0.25) is 5.02 Å². The number of aromatic nitrogens is 2. The lowest BCUT2D eigenvalue weighted by Crippen LogP contribution is -2.26. The van der Waals surface area contributed by atoms with E-state index in [1.807, 2.05) is 18.2 Å². The number of carbonyl (C=O) groups excluding carboxylic acids is 1. The molecule has 0 atom stereocenters. The van der Waals surface area contributed by atoms with Crippen LogP contribution >= 0.6 is 11.6 Å². The number of rotatable bonds is 19. The van der Waals surface area contributed by atoms with Crippen molar-refractivity contribution < 1.29 is 4.79 Å². The van der Waals surface area contributed by atoms with Crippen molar-refractivity contribution >= 4 is 28.5 Å². The minimum atomic E-state index is -0.139. The van der Waals surface area contributed by atoms with Crippen molar-refractivity contribution in [3.63, 3.8) is 0 Å². The summed E-state index contributed by atoms with van der Waals surface area (Å²) in [5.41, 5.74) is 2.73. The SMILES string of the molecule is CCCCCCCCCCCCCCCCn1c(CCNC(=O)c2ccccc2Cl)nc2ccccc21. The number of nitrogens with one attached hydrogen (secondary N) is 1. The zero-order valence-corrected chi connectivity index (χ0v) is 23.6. The molecule has 0 aliphatic heterocycles. The average Bonchev–Trinajstić information content (AvgIpc) is 3.26. The Kier molecular flexibility index (Phi) is 13.6. The van der Waals surface area contributed by atoms with Crippen LogP contribution in [-0.4, -0.2) is 22.0 Å². The van der Waals surface area contributed by atoms with E-state index in [1.165, 1.54) is 89.0 Å². The first-order chi connectivity index (χ1) is 18.2. The average molecular weight is 524 g/mol. The predicted octanol–water partition coefficient (Wildman–Crippen LogP) is 9.14. The molecule has 4 nitrogen and oxygen atoms in total. The summed E-state index contributed by atoms with van der Waals surface area (Å²) in [6.07, 6.45) is 19.8. The van der Waals surface area contributed by atoms with Crippen LogP contribution in [0.3, 0.4) is 0 Å². The lowest BCUT2D eigenvalue weighted by atomic mass is 10.0. The van der Waals surface area contributed by atoms with Gasteiger partial charge in [0.1, 0.15) is 5.82 Å². The van der Waals surface area contributed by atoms with Gasteiger partial charge in [0.25, 0.3) is 5.91 Å². The van der Waals surface area contributed by atoms with Gasteiger partial charge in [0.2, 0.25) is 0 Å². The van der Waals surface area contributed by atoms with Crippen molar-refractivity contribution in [3.8, 4) is 0 Å². The zero-order chi connectivity index (χ0) is 26.1. The van der Waals surface area contributed by atoms with Crippen LogP contribution in [0.4, 0.5) is 0 Å². The molecule has 202 valence electrons. The summed E-state index contributed by atoms with van der Waals surface area (Å²) in [7, 11) is 0. The first-order valence-corrected chi connectivity index (χ1v) is 15.1. The molecule has 0 fully saturated rings. The van der Waals surface area contributed by atoms with Crippen LogP contribution < -0.4 is 5.32 Å². The fraction of sp³-hybridized carbons (Fsp3) is 0.562. The number of aryl methyl sites for hydroxylation is 1. The summed E-state index contributed by atoms with van der Waals surface area (Å²) in [6, 6.07) is 15.5. The fourth-order valence-corrected chi connectivity index (χ4v) is 5.28. The van der Waals surface area contributed by atoms with Crippen LogP contribution in [0.1, 0.15) is 113 Å². The van der Waals surface area contributed by atoms with E-state index in [4.69, 9.17) is 16.6 Å². The van der Waals surface area contributed by atoms with Gasteiger partial charge < -0.3 is 9.88 Å². The van der Waals surface area contributed by atoms with E-state index >= 15 is 0 Å². The van der Waals surface area contributed by atoms with E-state index in [0.717, 1.165) is 24.3 Å². The van der Waals surface area contributed by atoms with Crippen LogP contribution in [0.25, 0.3) is 11.0 Å². The number of carbonyl (C=O) groups is 1. The summed E-state index contributed by atoms with van der Waals surface area (Å²) in [5, 5.41) is 3.48. The van der Waals surface area contributed by atoms with Gasteiger partial charge in [-0.15, -0.1) is 0 Å². The molecular formula is C32H46ClN3O. The number of amides is 1. The molecule has 3 aromatic rings. The highest BCUT2D eigenvalue weighted by molar-refractivity contribution is 6.33. The molecule has 5 heteroatoms. The number of imidazole rings is 1. The third kappa shape index (κ3) is 10.2. The van der Waals surface area contributed by atoms with Crippen molar-refractivity contribution in [2.75, 3.05) is 6.54 Å². The largest absolute Gasteiger partial charge is 0.352 e. The second-order valence-electron chi connectivity index (χ2n) is 10.3. The highest BCUT2D eigenvalue weighted by atomic mass is 35.5. The molecule has 0 saturated heterocycles. The third-order valence-electron chi connectivity index (χ3n) is 7.22. The molecule has 0 aliphatic rings. The number of unbranched alkanes of at least 4 members (excludes halogenated alkanes) is 13. The van der Waals surface area contributed by atoms with E-state index < -0.39 is 0 Å². The van der Waals surface area contributed by atoms with Gasteiger partial charge in [-0.3, -0.25) is 4.79 Å². The molecule has 0 unspecified atom stereocenters. The van der Waals surface area contributed by atoms with E-state index in [0.29, 0.717) is 23.6 Å². The maximum atomic E-state index is 12.5. The van der Waals surface area contributed by atoms with E-state index in [-0.39, 0.29) is 5.91 Å². The van der Waals surface area contributed by atoms with Gasteiger partial charge in [-0.1, -0.05) is 126 Å². The summed E-state index contributed by atoms with van der Waals surface area (Å²) in [6.45, 7) is 3.80. The Morgan fingerprint density at radius 2 is 1.35 bits per heavy atom. The molecule has 37 heavy (non-hydrogen) atoms. The number of para-hydroxylation sites is 2. The quantitative estimate of drug-likeness (QED) is 0.159. The number of fused-ring (bicyclic) bond motifs is 1. The van der Waals surface area contributed by atoms with E-state index in [1.54, 1.807) is 12.1 Å². The Bertz CT molecular complexity index is 1060. The van der Waals surface area contributed by atoms with Crippen molar-refractivity contribution in [1.82, 2.24) is 14.9 Å². The highest BCUT2D eigenvalue weighted by Gasteiger charge is 2.12. The zero-order valence-electron chi connectivity index (χ0n) is 22.8. The fourth-order valence-electron chi connectivity index (χ4n) is 5.06. The Morgan fingerprint density at radius 3 is 2.00 bits per heavy atom. The molecule has 1 aromatic heterocycles. The molecule has 1 amide bonds. The van der Waals surface area contributed by atoms with Gasteiger partial charge in [0.05, 0.1) is 21.6 Å². The van der Waals surface area contributed by atoms with Gasteiger partial charge in [0, 0.05) is 19.5 Å². The van der Waals surface area contributed by atoms with Crippen LogP contribution in [0, 0.1) is 0 Å². The van der Waals surface area contributed by atoms with Crippen LogP contribution in [0.5, 0.6) is 0 Å². The minimum absolute atomic E-state index is 0.139. The first-order valence-electron chi connectivity index (χ1n) is 14.7. The van der Waals surface area contributed by atoms with E-state index in [2.05, 4.69) is 35.0 Å². The normalized spacial score (nSPS) is 11.3. The molecule has 0 aliphatic carbocycles. The maximum absolute atomic E-state index is 12.5.